The molecular formula is C11H20O2. The van der Waals surface area contributed by atoms with Crippen LogP contribution in [0.15, 0.2) is 0 Å². The van der Waals surface area contributed by atoms with Gasteiger partial charge in [-0.3, -0.25) is 4.79 Å². The number of rotatable bonds is 4. The molecule has 0 heterocycles. The summed E-state index contributed by atoms with van der Waals surface area (Å²) in [6.07, 6.45) is 4.12. The summed E-state index contributed by atoms with van der Waals surface area (Å²) in [6.45, 7) is 4.14. The van der Waals surface area contributed by atoms with E-state index in [0.29, 0.717) is 18.3 Å². The second-order valence-corrected chi connectivity index (χ2v) is 4.05. The highest BCUT2D eigenvalue weighted by Gasteiger charge is 2.34. The Morgan fingerprint density at radius 2 is 2.23 bits per heavy atom. The predicted molar refractivity (Wildman–Crippen MR) is 52.6 cm³/mol. The van der Waals surface area contributed by atoms with Crippen molar-refractivity contribution in [2.45, 2.75) is 45.6 Å². The van der Waals surface area contributed by atoms with E-state index in [9.17, 15) is 4.79 Å². The van der Waals surface area contributed by atoms with Gasteiger partial charge in [-0.05, 0) is 18.3 Å². The minimum Gasteiger partial charge on any atom is -0.373 e. The van der Waals surface area contributed by atoms with E-state index in [1.165, 1.54) is 12.8 Å². The molecule has 1 fully saturated rings. The minimum absolute atomic E-state index is 0.137. The first-order valence-electron chi connectivity index (χ1n) is 5.26. The first-order chi connectivity index (χ1) is 6.20. The summed E-state index contributed by atoms with van der Waals surface area (Å²) in [4.78, 5) is 11.6. The van der Waals surface area contributed by atoms with Gasteiger partial charge in [0.15, 0.2) is 5.78 Å². The lowest BCUT2D eigenvalue weighted by atomic mass is 9.89. The van der Waals surface area contributed by atoms with Crippen LogP contribution in [0.1, 0.15) is 39.5 Å². The van der Waals surface area contributed by atoms with Gasteiger partial charge in [0.05, 0.1) is 0 Å². The number of methoxy groups -OCH3 is 1. The average Bonchev–Trinajstić information content (AvgIpc) is 2.53. The van der Waals surface area contributed by atoms with Crippen LogP contribution in [0, 0.1) is 11.8 Å². The Hall–Kier alpha value is -0.370. The lowest BCUT2D eigenvalue weighted by Gasteiger charge is -2.23. The molecule has 1 aliphatic rings. The maximum Gasteiger partial charge on any atom is 0.161 e. The molecule has 0 radical (unpaired) electrons. The van der Waals surface area contributed by atoms with Crippen molar-refractivity contribution < 1.29 is 9.53 Å². The third-order valence-electron chi connectivity index (χ3n) is 3.24. The topological polar surface area (TPSA) is 26.3 Å². The van der Waals surface area contributed by atoms with Crippen molar-refractivity contribution in [3.05, 3.63) is 0 Å². The summed E-state index contributed by atoms with van der Waals surface area (Å²) < 4.78 is 5.31. The van der Waals surface area contributed by atoms with Gasteiger partial charge in [0.2, 0.25) is 0 Å². The summed E-state index contributed by atoms with van der Waals surface area (Å²) in [7, 11) is 1.66. The third-order valence-corrected chi connectivity index (χ3v) is 3.24. The van der Waals surface area contributed by atoms with E-state index in [1.807, 2.05) is 6.92 Å². The molecule has 76 valence electrons. The standard InChI is InChI=1S/C11H20O2/c1-4-10(12)11(13-3)9-7-5-6-8(9)2/h8-9,11H,4-7H2,1-3H3. The smallest absolute Gasteiger partial charge is 0.161 e. The molecule has 0 aromatic rings. The fourth-order valence-electron chi connectivity index (χ4n) is 2.37. The summed E-state index contributed by atoms with van der Waals surface area (Å²) >= 11 is 0. The van der Waals surface area contributed by atoms with Crippen molar-refractivity contribution in [1.82, 2.24) is 0 Å². The lowest BCUT2D eigenvalue weighted by Crippen LogP contribution is -2.32. The molecule has 0 spiro atoms. The SMILES string of the molecule is CCC(=O)C(OC)C1CCCC1C. The van der Waals surface area contributed by atoms with Crippen LogP contribution in [0.5, 0.6) is 0 Å². The number of Topliss-reactive ketones (excluding diaryl/α,β-unsaturated/α-hetero) is 1. The number of carbonyl (C=O) groups is 1. The fraction of sp³-hybridized carbons (Fsp3) is 0.909. The van der Waals surface area contributed by atoms with Crippen molar-refractivity contribution in [3.63, 3.8) is 0 Å². The van der Waals surface area contributed by atoms with Crippen molar-refractivity contribution in [2.24, 2.45) is 11.8 Å². The molecule has 0 bridgehead atoms. The van der Waals surface area contributed by atoms with Gasteiger partial charge in [-0.25, -0.2) is 0 Å². The predicted octanol–water partition coefficient (Wildman–Crippen LogP) is 2.42. The Bertz CT molecular complexity index is 177. The first kappa shape index (κ1) is 10.7. The Labute approximate surface area is 80.7 Å². The van der Waals surface area contributed by atoms with Crippen LogP contribution in [0.2, 0.25) is 0 Å². The summed E-state index contributed by atoms with van der Waals surface area (Å²) in [5.74, 6) is 1.39. The van der Waals surface area contributed by atoms with E-state index in [1.54, 1.807) is 7.11 Å². The fourth-order valence-corrected chi connectivity index (χ4v) is 2.37. The molecular weight excluding hydrogens is 164 g/mol. The van der Waals surface area contributed by atoms with Crippen LogP contribution in [-0.4, -0.2) is 19.0 Å². The zero-order valence-corrected chi connectivity index (χ0v) is 8.88. The average molecular weight is 184 g/mol. The molecule has 1 saturated carbocycles. The quantitative estimate of drug-likeness (QED) is 0.670. The molecule has 13 heavy (non-hydrogen) atoms. The van der Waals surface area contributed by atoms with Gasteiger partial charge < -0.3 is 4.74 Å². The Morgan fingerprint density at radius 1 is 1.54 bits per heavy atom. The van der Waals surface area contributed by atoms with Crippen LogP contribution in [0.3, 0.4) is 0 Å². The van der Waals surface area contributed by atoms with Gasteiger partial charge >= 0.3 is 0 Å². The molecule has 2 heteroatoms. The van der Waals surface area contributed by atoms with Gasteiger partial charge in [-0.2, -0.15) is 0 Å². The van der Waals surface area contributed by atoms with Crippen molar-refractivity contribution in [1.29, 1.82) is 0 Å². The third kappa shape index (κ3) is 2.31. The van der Waals surface area contributed by atoms with E-state index in [-0.39, 0.29) is 11.9 Å². The summed E-state index contributed by atoms with van der Waals surface area (Å²) in [5.41, 5.74) is 0. The Morgan fingerprint density at radius 3 is 2.62 bits per heavy atom. The number of ether oxygens (including phenoxy) is 1. The van der Waals surface area contributed by atoms with E-state index >= 15 is 0 Å². The largest absolute Gasteiger partial charge is 0.373 e. The summed E-state index contributed by atoms with van der Waals surface area (Å²) in [5, 5.41) is 0. The molecule has 1 aliphatic carbocycles. The van der Waals surface area contributed by atoms with Crippen molar-refractivity contribution in [2.75, 3.05) is 7.11 Å². The van der Waals surface area contributed by atoms with Gasteiger partial charge in [0.1, 0.15) is 6.10 Å². The van der Waals surface area contributed by atoms with E-state index in [4.69, 9.17) is 4.74 Å². The molecule has 0 aromatic carbocycles. The molecule has 0 amide bonds. The Kier molecular flexibility index (Phi) is 3.91. The van der Waals surface area contributed by atoms with Crippen LogP contribution in [0.25, 0.3) is 0 Å². The highest BCUT2D eigenvalue weighted by Crippen LogP contribution is 2.35. The van der Waals surface area contributed by atoms with Gasteiger partial charge in [0.25, 0.3) is 0 Å². The highest BCUT2D eigenvalue weighted by atomic mass is 16.5. The normalized spacial score (nSPS) is 30.4. The maximum atomic E-state index is 11.6. The van der Waals surface area contributed by atoms with Crippen LogP contribution in [0.4, 0.5) is 0 Å². The molecule has 0 N–H and O–H groups in total. The van der Waals surface area contributed by atoms with E-state index in [0.717, 1.165) is 6.42 Å². The lowest BCUT2D eigenvalue weighted by molar-refractivity contribution is -0.132. The second-order valence-electron chi connectivity index (χ2n) is 4.05. The molecule has 0 aliphatic heterocycles. The number of ketones is 1. The number of hydrogen-bond donors (Lipinski definition) is 0. The molecule has 0 aromatic heterocycles. The Balaban J connectivity index is 2.59. The number of hydrogen-bond acceptors (Lipinski definition) is 2. The van der Waals surface area contributed by atoms with Gasteiger partial charge in [0, 0.05) is 13.5 Å². The van der Waals surface area contributed by atoms with Crippen molar-refractivity contribution >= 4 is 5.78 Å². The van der Waals surface area contributed by atoms with Crippen LogP contribution in [-0.2, 0) is 9.53 Å². The highest BCUT2D eigenvalue weighted by molar-refractivity contribution is 5.83. The molecule has 1 rings (SSSR count). The molecule has 0 saturated heterocycles. The van der Waals surface area contributed by atoms with Gasteiger partial charge in [-0.1, -0.05) is 26.7 Å². The first-order valence-corrected chi connectivity index (χ1v) is 5.26. The molecule has 3 atom stereocenters. The van der Waals surface area contributed by atoms with Crippen molar-refractivity contribution in [3.8, 4) is 0 Å². The number of carbonyl (C=O) groups excluding carboxylic acids is 1. The van der Waals surface area contributed by atoms with Crippen LogP contribution >= 0.6 is 0 Å². The minimum atomic E-state index is -0.137. The van der Waals surface area contributed by atoms with Crippen LogP contribution < -0.4 is 0 Å². The summed E-state index contributed by atoms with van der Waals surface area (Å²) in [6, 6.07) is 0. The second kappa shape index (κ2) is 4.75. The van der Waals surface area contributed by atoms with E-state index in [2.05, 4.69) is 6.92 Å². The zero-order valence-electron chi connectivity index (χ0n) is 8.88. The maximum absolute atomic E-state index is 11.6. The zero-order chi connectivity index (χ0) is 9.84. The molecule has 3 unspecified atom stereocenters. The molecule has 2 nitrogen and oxygen atoms in total. The van der Waals surface area contributed by atoms with E-state index < -0.39 is 0 Å². The van der Waals surface area contributed by atoms with Gasteiger partial charge in [-0.15, -0.1) is 0 Å². The monoisotopic (exact) mass is 184 g/mol.